The number of aldehydes is 1. The van der Waals surface area contributed by atoms with E-state index in [9.17, 15) is 24.0 Å². The van der Waals surface area contributed by atoms with Crippen LogP contribution < -0.4 is 21.2 Å². The molecular formula is C30H31N3O7. The molecule has 0 fully saturated rings. The second kappa shape index (κ2) is 14.2. The van der Waals surface area contributed by atoms with Crippen LogP contribution in [0.25, 0.3) is 17.0 Å². The van der Waals surface area contributed by atoms with Gasteiger partial charge in [0.1, 0.15) is 17.4 Å². The maximum absolute atomic E-state index is 12.6. The van der Waals surface area contributed by atoms with Crippen molar-refractivity contribution in [2.45, 2.75) is 20.8 Å². The summed E-state index contributed by atoms with van der Waals surface area (Å²) in [5.41, 5.74) is 1.58. The van der Waals surface area contributed by atoms with E-state index in [0.717, 1.165) is 24.9 Å². The smallest absolute Gasteiger partial charge is 0.349 e. The minimum atomic E-state index is -0.792. The summed E-state index contributed by atoms with van der Waals surface area (Å²) in [6.45, 7) is 7.15. The van der Waals surface area contributed by atoms with Crippen LogP contribution in [0, 0.1) is 0 Å². The van der Waals surface area contributed by atoms with Crippen molar-refractivity contribution < 1.29 is 28.3 Å². The first-order valence-electron chi connectivity index (χ1n) is 12.8. The number of anilines is 2. The molecule has 2 amide bonds. The van der Waals surface area contributed by atoms with Crippen molar-refractivity contribution in [3.8, 4) is 0 Å². The van der Waals surface area contributed by atoms with Crippen molar-refractivity contribution in [3.63, 3.8) is 0 Å². The Balaban J connectivity index is 1.60. The van der Waals surface area contributed by atoms with E-state index in [1.165, 1.54) is 12.1 Å². The van der Waals surface area contributed by atoms with Crippen LogP contribution in [-0.4, -0.2) is 50.3 Å². The second-order valence-corrected chi connectivity index (χ2v) is 8.51. The monoisotopic (exact) mass is 545 g/mol. The largest absolute Gasteiger partial charge is 0.462 e. The lowest BCUT2D eigenvalue weighted by molar-refractivity contribution is -0.138. The number of hydrogen-bond donors (Lipinski definition) is 2. The van der Waals surface area contributed by atoms with Gasteiger partial charge in [0, 0.05) is 35.9 Å². The zero-order valence-electron chi connectivity index (χ0n) is 22.6. The number of carbonyl (C=O) groups excluding carboxylic acids is 4. The van der Waals surface area contributed by atoms with Gasteiger partial charge < -0.3 is 24.7 Å². The molecule has 1 heterocycles. The Hall–Kier alpha value is -4.99. The van der Waals surface area contributed by atoms with Gasteiger partial charge >= 0.3 is 11.6 Å². The minimum absolute atomic E-state index is 0.106. The summed E-state index contributed by atoms with van der Waals surface area (Å²) in [6.07, 6.45) is 4.70. The second-order valence-electron chi connectivity index (χ2n) is 8.51. The third-order valence-corrected chi connectivity index (χ3v) is 5.91. The van der Waals surface area contributed by atoms with Crippen molar-refractivity contribution in [2.75, 3.05) is 36.5 Å². The predicted octanol–water partition coefficient (Wildman–Crippen LogP) is 3.71. The summed E-state index contributed by atoms with van der Waals surface area (Å²) in [6, 6.07) is 13.6. The Kier molecular flexibility index (Phi) is 10.5. The van der Waals surface area contributed by atoms with Gasteiger partial charge in [-0.2, -0.15) is 0 Å². The van der Waals surface area contributed by atoms with Gasteiger partial charge in [-0.3, -0.25) is 14.4 Å². The molecule has 0 aliphatic carbocycles. The number of esters is 1. The number of fused-ring (bicyclic) bond motifs is 1. The highest BCUT2D eigenvalue weighted by molar-refractivity contribution is 6.01. The highest BCUT2D eigenvalue weighted by atomic mass is 16.5. The Morgan fingerprint density at radius 3 is 2.38 bits per heavy atom. The van der Waals surface area contributed by atoms with E-state index < -0.39 is 23.4 Å². The molecule has 10 heteroatoms. The zero-order chi connectivity index (χ0) is 29.1. The fourth-order valence-corrected chi connectivity index (χ4v) is 3.85. The SMILES string of the molecule is CCOC(=O)C(=C\C=O)/C=C/c1ccc(NC(=O)CNC(=O)c2cc3ccc(N(CC)CC)cc3oc2=O)cc1. The fourth-order valence-electron chi connectivity index (χ4n) is 3.85. The molecule has 3 rings (SSSR count). The Morgan fingerprint density at radius 2 is 1.73 bits per heavy atom. The lowest BCUT2D eigenvalue weighted by atomic mass is 10.1. The molecule has 0 radical (unpaired) electrons. The summed E-state index contributed by atoms with van der Waals surface area (Å²) in [5.74, 6) is -1.83. The molecule has 2 N–H and O–H groups in total. The lowest BCUT2D eigenvalue weighted by Crippen LogP contribution is -2.35. The highest BCUT2D eigenvalue weighted by Crippen LogP contribution is 2.22. The van der Waals surface area contributed by atoms with Gasteiger partial charge in [-0.15, -0.1) is 0 Å². The normalized spacial score (nSPS) is 11.3. The lowest BCUT2D eigenvalue weighted by Gasteiger charge is -2.21. The van der Waals surface area contributed by atoms with Crippen LogP contribution in [0.5, 0.6) is 0 Å². The van der Waals surface area contributed by atoms with Crippen molar-refractivity contribution in [3.05, 3.63) is 87.8 Å². The summed E-state index contributed by atoms with van der Waals surface area (Å²) in [5, 5.41) is 5.69. The summed E-state index contributed by atoms with van der Waals surface area (Å²) in [4.78, 5) is 62.2. The maximum Gasteiger partial charge on any atom is 0.349 e. The van der Waals surface area contributed by atoms with Gasteiger partial charge in [0.05, 0.1) is 18.7 Å². The first-order chi connectivity index (χ1) is 19.3. The number of allylic oxidation sites excluding steroid dienone is 1. The van der Waals surface area contributed by atoms with Gasteiger partial charge in [-0.25, -0.2) is 9.59 Å². The quantitative estimate of drug-likeness (QED) is 0.116. The number of benzene rings is 2. The number of nitrogens with zero attached hydrogens (tertiary/aromatic N) is 1. The van der Waals surface area contributed by atoms with Crippen LogP contribution in [0.4, 0.5) is 11.4 Å². The third-order valence-electron chi connectivity index (χ3n) is 5.91. The van der Waals surface area contributed by atoms with E-state index in [-0.39, 0.29) is 24.3 Å². The Morgan fingerprint density at radius 1 is 1.00 bits per heavy atom. The zero-order valence-corrected chi connectivity index (χ0v) is 22.6. The van der Waals surface area contributed by atoms with E-state index >= 15 is 0 Å². The van der Waals surface area contributed by atoms with Gasteiger partial charge in [0.15, 0.2) is 0 Å². The minimum Gasteiger partial charge on any atom is -0.462 e. The molecule has 0 atom stereocenters. The topological polar surface area (TPSA) is 135 Å². The number of rotatable bonds is 12. The highest BCUT2D eigenvalue weighted by Gasteiger charge is 2.16. The molecule has 0 aliphatic heterocycles. The number of ether oxygens (including phenoxy) is 1. The molecule has 208 valence electrons. The first kappa shape index (κ1) is 29.6. The number of carbonyl (C=O) groups is 4. The Bertz CT molecular complexity index is 1500. The predicted molar refractivity (Wildman–Crippen MR) is 153 cm³/mol. The first-order valence-corrected chi connectivity index (χ1v) is 12.8. The molecule has 0 spiro atoms. The maximum atomic E-state index is 12.6. The van der Waals surface area contributed by atoms with Crippen molar-refractivity contribution >= 4 is 52.5 Å². The van der Waals surface area contributed by atoms with Gasteiger partial charge in [0.2, 0.25) is 5.91 Å². The molecule has 0 saturated heterocycles. The molecule has 0 bridgehead atoms. The van der Waals surface area contributed by atoms with E-state index in [1.807, 2.05) is 19.9 Å². The van der Waals surface area contributed by atoms with Crippen LogP contribution in [0.15, 0.2) is 75.5 Å². The average Bonchev–Trinajstić information content (AvgIpc) is 2.95. The molecule has 3 aromatic rings. The molecule has 0 unspecified atom stereocenters. The van der Waals surface area contributed by atoms with Crippen LogP contribution in [0.2, 0.25) is 0 Å². The van der Waals surface area contributed by atoms with Crippen molar-refractivity contribution in [1.82, 2.24) is 5.32 Å². The van der Waals surface area contributed by atoms with E-state index in [2.05, 4.69) is 15.5 Å². The van der Waals surface area contributed by atoms with Crippen molar-refractivity contribution in [2.24, 2.45) is 0 Å². The summed E-state index contributed by atoms with van der Waals surface area (Å²) in [7, 11) is 0. The van der Waals surface area contributed by atoms with E-state index in [1.54, 1.807) is 49.4 Å². The Labute approximate surface area is 231 Å². The van der Waals surface area contributed by atoms with Crippen LogP contribution in [-0.2, 0) is 19.1 Å². The average molecular weight is 546 g/mol. The standard InChI is InChI=1S/C30H31N3O7/c1-4-33(5-2)24-14-11-22-17-25(30(38)40-26(22)18-24)28(36)31-19-27(35)32-23-12-8-20(9-13-23)7-10-21(15-16-34)29(37)39-6-3/h7-18H,4-6,19H2,1-3H3,(H,31,36)(H,32,35)/b10-7+,21-15-. The molecule has 10 nitrogen and oxygen atoms in total. The van der Waals surface area contributed by atoms with Crippen LogP contribution in [0.3, 0.4) is 0 Å². The van der Waals surface area contributed by atoms with E-state index in [4.69, 9.17) is 9.15 Å². The molecule has 0 aliphatic rings. The molecule has 1 aromatic heterocycles. The van der Waals surface area contributed by atoms with E-state index in [0.29, 0.717) is 28.5 Å². The van der Waals surface area contributed by atoms with Crippen LogP contribution >= 0.6 is 0 Å². The third kappa shape index (κ3) is 7.76. The molecule has 0 saturated carbocycles. The van der Waals surface area contributed by atoms with Gasteiger partial charge in [-0.05, 0) is 68.8 Å². The molecule has 40 heavy (non-hydrogen) atoms. The fraction of sp³-hybridized carbons (Fsp3) is 0.233. The molecular weight excluding hydrogens is 514 g/mol. The van der Waals surface area contributed by atoms with Crippen LogP contribution in [0.1, 0.15) is 36.7 Å². The number of amides is 2. The summed E-state index contributed by atoms with van der Waals surface area (Å²) < 4.78 is 10.3. The number of nitrogens with one attached hydrogen (secondary N) is 2. The summed E-state index contributed by atoms with van der Waals surface area (Å²) >= 11 is 0. The van der Waals surface area contributed by atoms with Gasteiger partial charge in [-0.1, -0.05) is 18.2 Å². The number of hydrogen-bond acceptors (Lipinski definition) is 8. The van der Waals surface area contributed by atoms with Crippen molar-refractivity contribution in [1.29, 1.82) is 0 Å². The van der Waals surface area contributed by atoms with Gasteiger partial charge in [0.25, 0.3) is 5.91 Å². The molecule has 2 aromatic carbocycles.